The minimum Gasteiger partial charge on any atom is -0.420 e. The van der Waals surface area contributed by atoms with Gasteiger partial charge in [-0.05, 0) is 26.3 Å². The molecule has 2 rings (SSSR count). The molecule has 0 aromatic carbocycles. The third-order valence-electron chi connectivity index (χ3n) is 2.33. The summed E-state index contributed by atoms with van der Waals surface area (Å²) in [6, 6.07) is 0. The van der Waals surface area contributed by atoms with Gasteiger partial charge < -0.3 is 4.74 Å². The van der Waals surface area contributed by atoms with Gasteiger partial charge in [-0.2, -0.15) is 0 Å². The third kappa shape index (κ3) is 1.28. The molecule has 0 bridgehead atoms. The first-order valence-electron chi connectivity index (χ1n) is 4.29. The minimum absolute atomic E-state index is 0.321. The number of esters is 1. The van der Waals surface area contributed by atoms with Crippen LogP contribution in [-0.4, -0.2) is 16.6 Å². The number of halogens is 1. The van der Waals surface area contributed by atoms with Gasteiger partial charge in [0.05, 0.1) is 10.4 Å². The Hall–Kier alpha value is -1.09. The zero-order valence-electron chi connectivity index (χ0n) is 7.89. The quantitative estimate of drug-likeness (QED) is 0.349. The van der Waals surface area contributed by atoms with Crippen LogP contribution in [0.5, 0.6) is 0 Å². The number of fused-ring (bicyclic) bond motifs is 1. The number of Topliss-reactive ketones (excluding diaryl/α,β-unsaturated/α-hetero) is 1. The zero-order chi connectivity index (χ0) is 10.5. The summed E-state index contributed by atoms with van der Waals surface area (Å²) in [6.07, 6.45) is 2.19. The fourth-order valence-electron chi connectivity index (χ4n) is 1.85. The lowest BCUT2D eigenvalue weighted by Gasteiger charge is -2.23. The van der Waals surface area contributed by atoms with E-state index in [1.54, 1.807) is 13.0 Å². The summed E-state index contributed by atoms with van der Waals surface area (Å²) in [5.74, 6) is -1.04. The van der Waals surface area contributed by atoms with Gasteiger partial charge in [-0.3, -0.25) is 4.79 Å². The normalized spacial score (nSPS) is 31.5. The van der Waals surface area contributed by atoms with Crippen molar-refractivity contribution in [3.63, 3.8) is 0 Å². The van der Waals surface area contributed by atoms with Crippen LogP contribution in [0.2, 0.25) is 0 Å². The molecule has 1 fully saturated rings. The molecule has 0 N–H and O–H groups in total. The Kier molecular flexibility index (Phi) is 1.83. The number of ketones is 1. The molecule has 1 aliphatic heterocycles. The number of hydrogen-bond donors (Lipinski definition) is 0. The molecule has 14 heavy (non-hydrogen) atoms. The Morgan fingerprint density at radius 1 is 1.50 bits per heavy atom. The highest BCUT2D eigenvalue weighted by Gasteiger charge is 2.40. The molecule has 2 aliphatic rings. The average molecular weight is 213 g/mol. The highest BCUT2D eigenvalue weighted by atomic mass is 35.5. The molecule has 3 nitrogen and oxygen atoms in total. The second-order valence-corrected chi connectivity index (χ2v) is 4.70. The second-order valence-electron chi connectivity index (χ2n) is 3.84. The maximum Gasteiger partial charge on any atom is 0.385 e. The summed E-state index contributed by atoms with van der Waals surface area (Å²) in [4.78, 5) is 21.8. The van der Waals surface area contributed by atoms with Crippen LogP contribution in [-0.2, 0) is 14.3 Å². The molecule has 1 saturated heterocycles. The smallest absolute Gasteiger partial charge is 0.385 e. The van der Waals surface area contributed by atoms with Crippen LogP contribution >= 0.6 is 11.6 Å². The molecule has 0 aromatic heterocycles. The van der Waals surface area contributed by atoms with Crippen LogP contribution in [0.3, 0.4) is 0 Å². The zero-order valence-corrected chi connectivity index (χ0v) is 8.64. The lowest BCUT2D eigenvalue weighted by atomic mass is 9.89. The van der Waals surface area contributed by atoms with Gasteiger partial charge in [-0.25, -0.2) is 4.79 Å². The van der Waals surface area contributed by atoms with E-state index in [0.717, 1.165) is 5.57 Å². The molecule has 1 heterocycles. The molecule has 0 amide bonds. The van der Waals surface area contributed by atoms with E-state index in [0.29, 0.717) is 17.8 Å². The summed E-state index contributed by atoms with van der Waals surface area (Å²) in [6.45, 7) is 3.61. The van der Waals surface area contributed by atoms with Crippen molar-refractivity contribution in [3.8, 4) is 0 Å². The molecule has 1 unspecified atom stereocenters. The van der Waals surface area contributed by atoms with E-state index in [1.165, 1.54) is 0 Å². The lowest BCUT2D eigenvalue weighted by Crippen LogP contribution is -2.19. The molecule has 0 aromatic rings. The van der Waals surface area contributed by atoms with Gasteiger partial charge in [-0.1, -0.05) is 5.57 Å². The fraction of sp³-hybridized carbons (Fsp3) is 0.400. The monoisotopic (exact) mass is 212 g/mol. The Morgan fingerprint density at radius 2 is 2.14 bits per heavy atom. The highest BCUT2D eigenvalue weighted by molar-refractivity contribution is 6.44. The van der Waals surface area contributed by atoms with Crippen LogP contribution in [0.25, 0.3) is 0 Å². The SMILES string of the molecule is CC1=C2C(=O)C(=O)OC2=CC(C)(Cl)C1. The van der Waals surface area contributed by atoms with Crippen molar-refractivity contribution in [1.29, 1.82) is 0 Å². The van der Waals surface area contributed by atoms with E-state index in [9.17, 15) is 9.59 Å². The van der Waals surface area contributed by atoms with E-state index >= 15 is 0 Å². The molecule has 4 heteroatoms. The van der Waals surface area contributed by atoms with Gasteiger partial charge in [0, 0.05) is 0 Å². The number of ether oxygens (including phenoxy) is 1. The molecule has 0 spiro atoms. The van der Waals surface area contributed by atoms with E-state index in [4.69, 9.17) is 16.3 Å². The van der Waals surface area contributed by atoms with Crippen molar-refractivity contribution in [2.45, 2.75) is 25.1 Å². The van der Waals surface area contributed by atoms with Gasteiger partial charge in [0.15, 0.2) is 0 Å². The summed E-state index contributed by atoms with van der Waals surface area (Å²) in [5, 5.41) is 0. The second kappa shape index (κ2) is 2.70. The fourth-order valence-corrected chi connectivity index (χ4v) is 2.15. The average Bonchev–Trinajstić information content (AvgIpc) is 2.24. The van der Waals surface area contributed by atoms with Crippen molar-refractivity contribution < 1.29 is 14.3 Å². The first kappa shape index (κ1) is 9.46. The molecule has 0 radical (unpaired) electrons. The number of rotatable bonds is 0. The molecule has 74 valence electrons. The van der Waals surface area contributed by atoms with Gasteiger partial charge in [0.25, 0.3) is 5.78 Å². The van der Waals surface area contributed by atoms with Gasteiger partial charge in [0.2, 0.25) is 0 Å². The largest absolute Gasteiger partial charge is 0.420 e. The molecule has 0 saturated carbocycles. The number of hydrogen-bond acceptors (Lipinski definition) is 3. The van der Waals surface area contributed by atoms with E-state index in [-0.39, 0.29) is 0 Å². The van der Waals surface area contributed by atoms with E-state index in [2.05, 4.69) is 0 Å². The summed E-state index contributed by atoms with van der Waals surface area (Å²) < 4.78 is 4.81. The predicted molar refractivity (Wildman–Crippen MR) is 50.8 cm³/mol. The minimum atomic E-state index is -0.806. The van der Waals surface area contributed by atoms with Crippen molar-refractivity contribution >= 4 is 23.4 Å². The molecular weight excluding hydrogens is 204 g/mol. The topological polar surface area (TPSA) is 43.4 Å². The Labute approximate surface area is 86.4 Å². The predicted octanol–water partition coefficient (Wildman–Crippen LogP) is 1.71. The van der Waals surface area contributed by atoms with Crippen molar-refractivity contribution in [2.75, 3.05) is 0 Å². The highest BCUT2D eigenvalue weighted by Crippen LogP contribution is 2.39. The number of carbonyl (C=O) groups excluding carboxylic acids is 2. The van der Waals surface area contributed by atoms with Gasteiger partial charge >= 0.3 is 5.97 Å². The maximum atomic E-state index is 11.3. The maximum absolute atomic E-state index is 11.3. The molecular formula is C10H9ClO3. The van der Waals surface area contributed by atoms with Crippen LogP contribution in [0, 0.1) is 0 Å². The van der Waals surface area contributed by atoms with Gasteiger partial charge in [-0.15, -0.1) is 11.6 Å². The van der Waals surface area contributed by atoms with E-state index in [1.807, 2.05) is 6.92 Å². The van der Waals surface area contributed by atoms with Crippen LogP contribution < -0.4 is 0 Å². The number of allylic oxidation sites excluding steroid dienone is 3. The Morgan fingerprint density at radius 3 is 2.79 bits per heavy atom. The number of alkyl halides is 1. The number of carbonyl (C=O) groups is 2. The third-order valence-corrected chi connectivity index (χ3v) is 2.57. The van der Waals surface area contributed by atoms with Crippen molar-refractivity contribution in [1.82, 2.24) is 0 Å². The Bertz CT molecular complexity index is 402. The molecule has 1 atom stereocenters. The van der Waals surface area contributed by atoms with Crippen LogP contribution in [0.1, 0.15) is 20.3 Å². The van der Waals surface area contributed by atoms with Crippen molar-refractivity contribution in [2.24, 2.45) is 0 Å². The summed E-state index contributed by atoms with van der Waals surface area (Å²) in [7, 11) is 0. The van der Waals surface area contributed by atoms with E-state index < -0.39 is 16.6 Å². The first-order chi connectivity index (χ1) is 6.41. The van der Waals surface area contributed by atoms with Crippen molar-refractivity contribution in [3.05, 3.63) is 23.0 Å². The van der Waals surface area contributed by atoms with Crippen LogP contribution in [0.15, 0.2) is 23.0 Å². The standard InChI is InChI=1S/C10H9ClO3/c1-5-3-10(2,11)4-6-7(5)8(12)9(13)14-6/h4H,3H2,1-2H3. The lowest BCUT2D eigenvalue weighted by molar-refractivity contribution is -0.145. The molecule has 1 aliphatic carbocycles. The van der Waals surface area contributed by atoms with Crippen LogP contribution in [0.4, 0.5) is 0 Å². The Balaban J connectivity index is 2.54. The van der Waals surface area contributed by atoms with Gasteiger partial charge in [0.1, 0.15) is 5.76 Å². The summed E-state index contributed by atoms with van der Waals surface area (Å²) >= 11 is 6.12. The summed E-state index contributed by atoms with van der Waals surface area (Å²) in [5.41, 5.74) is 1.21. The first-order valence-corrected chi connectivity index (χ1v) is 4.67.